The summed E-state index contributed by atoms with van der Waals surface area (Å²) in [5.41, 5.74) is 7.77. The van der Waals surface area contributed by atoms with Gasteiger partial charge in [-0.25, -0.2) is 0 Å². The molecule has 1 atom stereocenters. The van der Waals surface area contributed by atoms with E-state index in [0.717, 1.165) is 22.3 Å². The van der Waals surface area contributed by atoms with E-state index >= 15 is 0 Å². The van der Waals surface area contributed by atoms with Crippen LogP contribution >= 0.6 is 0 Å². The van der Waals surface area contributed by atoms with Crippen molar-refractivity contribution in [2.45, 2.75) is 39.8 Å². The topological polar surface area (TPSA) is 68.3 Å². The van der Waals surface area contributed by atoms with Crippen LogP contribution in [-0.2, 0) is 11.3 Å². The van der Waals surface area contributed by atoms with Gasteiger partial charge in [-0.15, -0.1) is 0 Å². The lowest BCUT2D eigenvalue weighted by Gasteiger charge is -2.13. The number of rotatable bonds is 5. The average molecular weight is 274 g/mol. The first kappa shape index (κ1) is 14.6. The summed E-state index contributed by atoms with van der Waals surface area (Å²) < 4.78 is 5.75. The maximum absolute atomic E-state index is 11.9. The Morgan fingerprint density at radius 1 is 1.35 bits per heavy atom. The normalized spacial score (nSPS) is 12.8. The van der Waals surface area contributed by atoms with Crippen LogP contribution in [0.1, 0.15) is 31.6 Å². The molecule has 0 bridgehead atoms. The number of hydrogen-bond donors (Lipinski definition) is 2. The fraction of sp³-hybridized carbons (Fsp3) is 0.438. The molecule has 1 heterocycles. The van der Waals surface area contributed by atoms with Crippen LogP contribution in [0.25, 0.3) is 11.0 Å². The number of nitrogens with two attached hydrogens (primary N) is 1. The van der Waals surface area contributed by atoms with E-state index in [1.54, 1.807) is 0 Å². The Hall–Kier alpha value is -1.81. The predicted octanol–water partition coefficient (Wildman–Crippen LogP) is 2.73. The van der Waals surface area contributed by atoms with Crippen LogP contribution < -0.4 is 11.1 Å². The average Bonchev–Trinajstić information content (AvgIpc) is 2.72. The lowest BCUT2D eigenvalue weighted by Crippen LogP contribution is -2.41. The molecule has 1 aromatic heterocycles. The molecule has 0 unspecified atom stereocenters. The van der Waals surface area contributed by atoms with E-state index < -0.39 is 6.04 Å². The summed E-state index contributed by atoms with van der Waals surface area (Å²) in [5, 5.41) is 3.93. The number of benzene rings is 1. The van der Waals surface area contributed by atoms with E-state index in [4.69, 9.17) is 10.2 Å². The molecule has 0 radical (unpaired) electrons. The summed E-state index contributed by atoms with van der Waals surface area (Å²) in [6, 6.07) is 7.40. The van der Waals surface area contributed by atoms with Crippen molar-refractivity contribution in [2.75, 3.05) is 0 Å². The molecule has 0 saturated carbocycles. The number of nitrogens with one attached hydrogen (secondary N) is 1. The number of aryl methyl sites for hydroxylation is 1. The van der Waals surface area contributed by atoms with Crippen LogP contribution in [0.5, 0.6) is 0 Å². The first-order valence-electron chi connectivity index (χ1n) is 6.99. The Bertz CT molecular complexity index is 602. The summed E-state index contributed by atoms with van der Waals surface area (Å²) in [5.74, 6) is 1.07. The highest BCUT2D eigenvalue weighted by molar-refractivity contribution is 5.83. The van der Waals surface area contributed by atoms with Gasteiger partial charge in [0.2, 0.25) is 5.91 Å². The molecule has 108 valence electrons. The standard InChI is InChI=1S/C16H22N2O2/c1-10(2)8-13(17)16(19)18-9-15-11(3)12-6-4-5-7-14(12)20-15/h4-7,10,13H,8-9,17H2,1-3H3,(H,18,19)/t13-/m0/s1. The monoisotopic (exact) mass is 274 g/mol. The fourth-order valence-electron chi connectivity index (χ4n) is 2.31. The molecular formula is C16H22N2O2. The van der Waals surface area contributed by atoms with E-state index in [2.05, 4.69) is 19.2 Å². The maximum atomic E-state index is 11.9. The number of amides is 1. The third-order valence-electron chi connectivity index (χ3n) is 3.43. The third kappa shape index (κ3) is 3.20. The van der Waals surface area contributed by atoms with Crippen molar-refractivity contribution in [1.82, 2.24) is 5.32 Å². The first-order valence-corrected chi connectivity index (χ1v) is 6.99. The first-order chi connectivity index (χ1) is 9.49. The summed E-state index contributed by atoms with van der Waals surface area (Å²) in [7, 11) is 0. The van der Waals surface area contributed by atoms with Crippen molar-refractivity contribution in [3.05, 3.63) is 35.6 Å². The van der Waals surface area contributed by atoms with Gasteiger partial charge in [-0.2, -0.15) is 0 Å². The second-order valence-corrected chi connectivity index (χ2v) is 5.60. The van der Waals surface area contributed by atoms with Gasteiger partial charge in [-0.1, -0.05) is 32.0 Å². The number of hydrogen-bond acceptors (Lipinski definition) is 3. The van der Waals surface area contributed by atoms with E-state index in [1.807, 2.05) is 31.2 Å². The minimum Gasteiger partial charge on any atom is -0.459 e. The maximum Gasteiger partial charge on any atom is 0.237 e. The highest BCUT2D eigenvalue weighted by Crippen LogP contribution is 2.24. The quantitative estimate of drug-likeness (QED) is 0.881. The Morgan fingerprint density at radius 2 is 2.05 bits per heavy atom. The predicted molar refractivity (Wildman–Crippen MR) is 80.2 cm³/mol. The van der Waals surface area contributed by atoms with Gasteiger partial charge in [-0.3, -0.25) is 4.79 Å². The molecular weight excluding hydrogens is 252 g/mol. The van der Waals surface area contributed by atoms with Gasteiger partial charge in [0.25, 0.3) is 0 Å². The van der Waals surface area contributed by atoms with Crippen LogP contribution in [-0.4, -0.2) is 11.9 Å². The number of furan rings is 1. The number of para-hydroxylation sites is 1. The van der Waals surface area contributed by atoms with Crippen LogP contribution in [0.15, 0.2) is 28.7 Å². The molecule has 0 aliphatic heterocycles. The molecule has 2 rings (SSSR count). The lowest BCUT2D eigenvalue weighted by atomic mass is 10.0. The number of fused-ring (bicyclic) bond motifs is 1. The second-order valence-electron chi connectivity index (χ2n) is 5.60. The summed E-state index contributed by atoms with van der Waals surface area (Å²) in [6.45, 7) is 6.49. The van der Waals surface area contributed by atoms with Crippen LogP contribution in [0.2, 0.25) is 0 Å². The van der Waals surface area contributed by atoms with Crippen molar-refractivity contribution in [2.24, 2.45) is 11.7 Å². The van der Waals surface area contributed by atoms with Gasteiger partial charge < -0.3 is 15.5 Å². The Kier molecular flexibility index (Phi) is 4.45. The second kappa shape index (κ2) is 6.09. The summed E-state index contributed by atoms with van der Waals surface area (Å²) >= 11 is 0. The molecule has 3 N–H and O–H groups in total. The van der Waals surface area contributed by atoms with Crippen molar-refractivity contribution in [1.29, 1.82) is 0 Å². The van der Waals surface area contributed by atoms with Gasteiger partial charge in [-0.05, 0) is 25.3 Å². The molecule has 4 nitrogen and oxygen atoms in total. The molecule has 0 fully saturated rings. The molecule has 20 heavy (non-hydrogen) atoms. The van der Waals surface area contributed by atoms with Gasteiger partial charge in [0.05, 0.1) is 12.6 Å². The minimum atomic E-state index is -0.459. The van der Waals surface area contributed by atoms with Gasteiger partial charge in [0.1, 0.15) is 11.3 Å². The van der Waals surface area contributed by atoms with Crippen molar-refractivity contribution >= 4 is 16.9 Å². The summed E-state index contributed by atoms with van der Waals surface area (Å²) in [6.07, 6.45) is 0.685. The molecule has 0 saturated heterocycles. The van der Waals surface area contributed by atoms with Crippen molar-refractivity contribution < 1.29 is 9.21 Å². The molecule has 4 heteroatoms. The molecule has 0 aliphatic carbocycles. The van der Waals surface area contributed by atoms with Gasteiger partial charge in [0, 0.05) is 10.9 Å². The zero-order chi connectivity index (χ0) is 14.7. The number of carbonyl (C=O) groups excluding carboxylic acids is 1. The SMILES string of the molecule is Cc1c(CNC(=O)[C@@H](N)CC(C)C)oc2ccccc12. The van der Waals surface area contributed by atoms with E-state index in [-0.39, 0.29) is 5.91 Å². The van der Waals surface area contributed by atoms with Gasteiger partial charge in [0.15, 0.2) is 0 Å². The van der Waals surface area contributed by atoms with E-state index in [9.17, 15) is 4.79 Å². The lowest BCUT2D eigenvalue weighted by molar-refractivity contribution is -0.122. The van der Waals surface area contributed by atoms with E-state index in [0.29, 0.717) is 18.9 Å². The highest BCUT2D eigenvalue weighted by atomic mass is 16.3. The molecule has 2 aromatic rings. The third-order valence-corrected chi connectivity index (χ3v) is 3.43. The van der Waals surface area contributed by atoms with Crippen LogP contribution in [0.4, 0.5) is 0 Å². The van der Waals surface area contributed by atoms with E-state index in [1.165, 1.54) is 0 Å². The van der Waals surface area contributed by atoms with Gasteiger partial charge >= 0.3 is 0 Å². The highest BCUT2D eigenvalue weighted by Gasteiger charge is 2.16. The smallest absolute Gasteiger partial charge is 0.237 e. The fourth-order valence-corrected chi connectivity index (χ4v) is 2.31. The Labute approximate surface area is 119 Å². The molecule has 0 spiro atoms. The summed E-state index contributed by atoms with van der Waals surface area (Å²) in [4.78, 5) is 11.9. The molecule has 1 amide bonds. The molecule has 0 aliphatic rings. The zero-order valence-corrected chi connectivity index (χ0v) is 12.3. The van der Waals surface area contributed by atoms with Crippen molar-refractivity contribution in [3.8, 4) is 0 Å². The molecule has 1 aromatic carbocycles. The van der Waals surface area contributed by atoms with Crippen molar-refractivity contribution in [3.63, 3.8) is 0 Å². The van der Waals surface area contributed by atoms with Crippen LogP contribution in [0, 0.1) is 12.8 Å². The number of carbonyl (C=O) groups is 1. The minimum absolute atomic E-state index is 0.126. The Balaban J connectivity index is 2.02. The Morgan fingerprint density at radius 3 is 2.70 bits per heavy atom. The zero-order valence-electron chi connectivity index (χ0n) is 12.3. The van der Waals surface area contributed by atoms with Crippen LogP contribution in [0.3, 0.4) is 0 Å². The largest absolute Gasteiger partial charge is 0.459 e.